The highest BCUT2D eigenvalue weighted by Crippen LogP contribution is 2.28. The van der Waals surface area contributed by atoms with Crippen LogP contribution in [0.25, 0.3) is 0 Å². The molecule has 1 aromatic rings. The number of carbonyl (C=O) groups is 2. The highest BCUT2D eigenvalue weighted by Gasteiger charge is 2.32. The molecule has 0 saturated carbocycles. The Hall–Kier alpha value is -1.88. The summed E-state index contributed by atoms with van der Waals surface area (Å²) in [6.45, 7) is 1.85. The van der Waals surface area contributed by atoms with E-state index >= 15 is 0 Å². The summed E-state index contributed by atoms with van der Waals surface area (Å²) in [5.74, 6) is 0.0168. The highest BCUT2D eigenvalue weighted by molar-refractivity contribution is 6.00. The number of hydrogen-bond acceptors (Lipinski definition) is 3. The largest absolute Gasteiger partial charge is 0.381 e. The van der Waals surface area contributed by atoms with Crippen LogP contribution in [0, 0.1) is 5.92 Å². The van der Waals surface area contributed by atoms with Crippen LogP contribution in [0.4, 0.5) is 10.5 Å². The summed E-state index contributed by atoms with van der Waals surface area (Å²) in [6, 6.07) is 7.63. The second-order valence-electron chi connectivity index (χ2n) is 5.38. The Kier molecular flexibility index (Phi) is 3.44. The number of anilines is 1. The average Bonchev–Trinajstić information content (AvgIpc) is 2.98. The number of ether oxygens (including phenoxy) is 1. The maximum atomic E-state index is 12.3. The maximum Gasteiger partial charge on any atom is 0.324 e. The summed E-state index contributed by atoms with van der Waals surface area (Å²) in [7, 11) is 1.76. The van der Waals surface area contributed by atoms with Crippen LogP contribution in [-0.4, -0.2) is 43.5 Å². The number of urea groups is 1. The number of Topliss-reactive ketones (excluding diaryl/α,β-unsaturated/α-hetero) is 1. The normalized spacial score (nSPS) is 22.1. The molecule has 2 heterocycles. The molecule has 3 rings (SSSR count). The summed E-state index contributed by atoms with van der Waals surface area (Å²) >= 11 is 0. The summed E-state index contributed by atoms with van der Waals surface area (Å²) in [5, 5.41) is 0. The third kappa shape index (κ3) is 2.29. The molecule has 0 N–H and O–H groups in total. The van der Waals surface area contributed by atoms with E-state index in [0.717, 1.165) is 17.7 Å². The molecule has 0 radical (unpaired) electrons. The molecule has 1 unspecified atom stereocenters. The van der Waals surface area contributed by atoms with Crippen LogP contribution in [0.15, 0.2) is 24.3 Å². The summed E-state index contributed by atoms with van der Waals surface area (Å²) < 4.78 is 5.25. The first kappa shape index (κ1) is 13.1. The van der Waals surface area contributed by atoms with Gasteiger partial charge in [-0.05, 0) is 18.1 Å². The van der Waals surface area contributed by atoms with Gasteiger partial charge in [0.05, 0.1) is 18.8 Å². The van der Waals surface area contributed by atoms with Crippen LogP contribution in [0.2, 0.25) is 0 Å². The van der Waals surface area contributed by atoms with Crippen LogP contribution in [0.1, 0.15) is 12.0 Å². The van der Waals surface area contributed by atoms with Gasteiger partial charge < -0.3 is 9.64 Å². The standard InChI is InChI=1S/C15H18N2O3/c1-16-8-11-4-2-3-5-13(11)17(15(16)19)9-14(18)12-6-7-20-10-12/h2-5,12H,6-10H2,1H3. The van der Waals surface area contributed by atoms with Gasteiger partial charge in [0, 0.05) is 26.1 Å². The molecule has 1 aromatic carbocycles. The Bertz CT molecular complexity index is 538. The van der Waals surface area contributed by atoms with Gasteiger partial charge in [-0.3, -0.25) is 9.69 Å². The van der Waals surface area contributed by atoms with Crippen molar-refractivity contribution < 1.29 is 14.3 Å². The number of hydrogen-bond donors (Lipinski definition) is 0. The molecule has 2 amide bonds. The van der Waals surface area contributed by atoms with Crippen LogP contribution in [0.3, 0.4) is 0 Å². The zero-order chi connectivity index (χ0) is 14.1. The molecule has 1 saturated heterocycles. The van der Waals surface area contributed by atoms with Gasteiger partial charge in [-0.1, -0.05) is 18.2 Å². The van der Waals surface area contributed by atoms with Crippen molar-refractivity contribution in [3.05, 3.63) is 29.8 Å². The minimum atomic E-state index is -0.115. The third-order valence-electron chi connectivity index (χ3n) is 3.95. The Morgan fingerprint density at radius 3 is 2.95 bits per heavy atom. The fraction of sp³-hybridized carbons (Fsp3) is 0.467. The van der Waals surface area contributed by atoms with E-state index in [1.807, 2.05) is 24.3 Å². The number of ketones is 1. The van der Waals surface area contributed by atoms with E-state index in [1.165, 1.54) is 0 Å². The Morgan fingerprint density at radius 1 is 1.40 bits per heavy atom. The molecule has 1 fully saturated rings. The van der Waals surface area contributed by atoms with E-state index in [0.29, 0.717) is 19.8 Å². The molecular weight excluding hydrogens is 256 g/mol. The van der Waals surface area contributed by atoms with Crippen molar-refractivity contribution in [3.8, 4) is 0 Å². The quantitative estimate of drug-likeness (QED) is 0.842. The predicted octanol–water partition coefficient (Wildman–Crippen LogP) is 1.66. The molecular formula is C15H18N2O3. The van der Waals surface area contributed by atoms with Crippen molar-refractivity contribution in [2.75, 3.05) is 31.7 Å². The molecule has 1 atom stereocenters. The molecule has 0 spiro atoms. The Morgan fingerprint density at radius 2 is 2.20 bits per heavy atom. The van der Waals surface area contributed by atoms with Crippen molar-refractivity contribution in [1.29, 1.82) is 0 Å². The van der Waals surface area contributed by atoms with Gasteiger partial charge in [-0.2, -0.15) is 0 Å². The molecule has 0 bridgehead atoms. The van der Waals surface area contributed by atoms with Crippen LogP contribution in [0.5, 0.6) is 0 Å². The fourth-order valence-electron chi connectivity index (χ4n) is 2.77. The average molecular weight is 274 g/mol. The lowest BCUT2D eigenvalue weighted by molar-refractivity contribution is -0.121. The van der Waals surface area contributed by atoms with Crippen molar-refractivity contribution >= 4 is 17.5 Å². The minimum Gasteiger partial charge on any atom is -0.381 e. The molecule has 2 aliphatic heterocycles. The second-order valence-corrected chi connectivity index (χ2v) is 5.38. The van der Waals surface area contributed by atoms with Gasteiger partial charge in [0.2, 0.25) is 0 Å². The first-order chi connectivity index (χ1) is 9.66. The van der Waals surface area contributed by atoms with Gasteiger partial charge >= 0.3 is 6.03 Å². The van der Waals surface area contributed by atoms with E-state index in [9.17, 15) is 9.59 Å². The smallest absolute Gasteiger partial charge is 0.324 e. The van der Waals surface area contributed by atoms with Gasteiger partial charge in [-0.25, -0.2) is 4.79 Å². The number of fused-ring (bicyclic) bond motifs is 1. The van der Waals surface area contributed by atoms with Crippen molar-refractivity contribution in [3.63, 3.8) is 0 Å². The summed E-state index contributed by atoms with van der Waals surface area (Å²) in [5.41, 5.74) is 1.92. The molecule has 2 aliphatic rings. The van der Waals surface area contributed by atoms with E-state index < -0.39 is 0 Å². The molecule has 20 heavy (non-hydrogen) atoms. The SMILES string of the molecule is CN1Cc2ccccc2N(CC(=O)C2CCOC2)C1=O. The number of benzene rings is 1. The summed E-state index contributed by atoms with van der Waals surface area (Å²) in [6.07, 6.45) is 0.762. The lowest BCUT2D eigenvalue weighted by atomic mass is 10.0. The van der Waals surface area contributed by atoms with Crippen molar-refractivity contribution in [1.82, 2.24) is 4.90 Å². The zero-order valence-corrected chi connectivity index (χ0v) is 11.5. The molecule has 106 valence electrons. The van der Waals surface area contributed by atoms with E-state index in [1.54, 1.807) is 16.8 Å². The van der Waals surface area contributed by atoms with Gasteiger partial charge in [0.1, 0.15) is 0 Å². The van der Waals surface area contributed by atoms with Crippen molar-refractivity contribution in [2.45, 2.75) is 13.0 Å². The Balaban J connectivity index is 1.83. The van der Waals surface area contributed by atoms with E-state index in [4.69, 9.17) is 4.74 Å². The van der Waals surface area contributed by atoms with Gasteiger partial charge in [-0.15, -0.1) is 0 Å². The zero-order valence-electron chi connectivity index (χ0n) is 11.5. The van der Waals surface area contributed by atoms with Gasteiger partial charge in [0.15, 0.2) is 5.78 Å². The number of nitrogens with zero attached hydrogens (tertiary/aromatic N) is 2. The fourth-order valence-corrected chi connectivity index (χ4v) is 2.77. The minimum absolute atomic E-state index is 0.0674. The molecule has 0 aliphatic carbocycles. The molecule has 5 nitrogen and oxygen atoms in total. The maximum absolute atomic E-state index is 12.3. The Labute approximate surface area is 118 Å². The number of para-hydroxylation sites is 1. The topological polar surface area (TPSA) is 49.9 Å². The lowest BCUT2D eigenvalue weighted by Crippen LogP contribution is -2.48. The number of rotatable bonds is 3. The molecule has 5 heteroatoms. The first-order valence-electron chi connectivity index (χ1n) is 6.88. The second kappa shape index (κ2) is 5.25. The number of amides is 2. The predicted molar refractivity (Wildman–Crippen MR) is 74.6 cm³/mol. The third-order valence-corrected chi connectivity index (χ3v) is 3.95. The van der Waals surface area contributed by atoms with E-state index in [-0.39, 0.29) is 24.3 Å². The number of carbonyl (C=O) groups excluding carboxylic acids is 2. The monoisotopic (exact) mass is 274 g/mol. The molecule has 0 aromatic heterocycles. The van der Waals surface area contributed by atoms with Crippen molar-refractivity contribution in [2.24, 2.45) is 5.92 Å². The van der Waals surface area contributed by atoms with Gasteiger partial charge in [0.25, 0.3) is 0 Å². The van der Waals surface area contributed by atoms with Crippen LogP contribution >= 0.6 is 0 Å². The van der Waals surface area contributed by atoms with Crippen LogP contribution in [-0.2, 0) is 16.1 Å². The lowest BCUT2D eigenvalue weighted by Gasteiger charge is -2.35. The van der Waals surface area contributed by atoms with Crippen LogP contribution < -0.4 is 4.90 Å². The highest BCUT2D eigenvalue weighted by atomic mass is 16.5. The first-order valence-corrected chi connectivity index (χ1v) is 6.88. The van der Waals surface area contributed by atoms with E-state index in [2.05, 4.69) is 0 Å². The summed E-state index contributed by atoms with van der Waals surface area (Å²) in [4.78, 5) is 27.8.